The highest BCUT2D eigenvalue weighted by Gasteiger charge is 2.23. The van der Waals surface area contributed by atoms with Gasteiger partial charge in [-0.1, -0.05) is 29.9 Å². The molecule has 4 aromatic rings. The number of benzene rings is 2. The largest absolute Gasteiger partial charge is 0.443 e. The molecule has 1 amide bonds. The normalized spacial score (nSPS) is 13.9. The molecule has 0 aliphatic carbocycles. The van der Waals surface area contributed by atoms with Crippen LogP contribution in [0.1, 0.15) is 62.4 Å². The summed E-state index contributed by atoms with van der Waals surface area (Å²) in [5.74, 6) is 6.37. The number of fused-ring (bicyclic) bond motifs is 2. The zero-order chi connectivity index (χ0) is 31.3. The average Bonchev–Trinajstić information content (AvgIpc) is 3.37. The maximum Gasteiger partial charge on any atom is 0.419 e. The van der Waals surface area contributed by atoms with E-state index >= 15 is 0 Å². The lowest BCUT2D eigenvalue weighted by Gasteiger charge is -2.23. The molecule has 1 N–H and O–H groups in total. The van der Waals surface area contributed by atoms with Crippen LogP contribution < -0.4 is 5.32 Å². The minimum absolute atomic E-state index is 0.220. The number of likely N-dealkylation sites (tertiary alicyclic amines) is 1. The van der Waals surface area contributed by atoms with Gasteiger partial charge < -0.3 is 14.8 Å². The second-order valence-electron chi connectivity index (χ2n) is 12.1. The Balaban J connectivity index is 1.58. The van der Waals surface area contributed by atoms with Crippen molar-refractivity contribution in [1.29, 1.82) is 0 Å². The van der Waals surface area contributed by atoms with Crippen molar-refractivity contribution in [2.75, 3.05) is 39.9 Å². The topological polar surface area (TPSA) is 85.7 Å². The average molecular weight is 615 g/mol. The Morgan fingerprint density at radius 3 is 2.59 bits per heavy atom. The summed E-state index contributed by atoms with van der Waals surface area (Å²) in [6, 6.07) is 12.8. The number of piperidine rings is 1. The molecule has 1 aliphatic heterocycles. The van der Waals surface area contributed by atoms with E-state index in [1.807, 2.05) is 39.0 Å². The number of rotatable bonds is 7. The van der Waals surface area contributed by atoms with Crippen LogP contribution in [0.15, 0.2) is 48.7 Å². The molecule has 230 valence electrons. The second-order valence-corrected chi connectivity index (χ2v) is 12.5. The van der Waals surface area contributed by atoms with Crippen molar-refractivity contribution < 1.29 is 19.1 Å². The molecular weight excluding hydrogens is 576 g/mol. The number of halogens is 1. The zero-order valence-electron chi connectivity index (χ0n) is 25.8. The fourth-order valence-electron chi connectivity index (χ4n) is 5.38. The monoisotopic (exact) mass is 614 g/mol. The van der Waals surface area contributed by atoms with Gasteiger partial charge in [0.05, 0.1) is 28.8 Å². The van der Waals surface area contributed by atoms with Crippen molar-refractivity contribution >= 4 is 45.4 Å². The highest BCUT2D eigenvalue weighted by molar-refractivity contribution is 6.31. The lowest BCUT2D eigenvalue weighted by molar-refractivity contribution is 0.0544. The number of methoxy groups -OCH3 is 1. The van der Waals surface area contributed by atoms with E-state index in [1.165, 1.54) is 23.8 Å². The van der Waals surface area contributed by atoms with Crippen molar-refractivity contribution in [2.45, 2.75) is 52.1 Å². The van der Waals surface area contributed by atoms with Crippen LogP contribution in [0.3, 0.4) is 0 Å². The Labute approximate surface area is 263 Å². The Hall–Kier alpha value is -3.90. The van der Waals surface area contributed by atoms with Gasteiger partial charge in [0, 0.05) is 53.4 Å². The first-order chi connectivity index (χ1) is 21.1. The molecule has 0 saturated carbocycles. The number of hydrogen-bond acceptors (Lipinski definition) is 6. The molecule has 0 bridgehead atoms. The zero-order valence-corrected chi connectivity index (χ0v) is 26.6. The van der Waals surface area contributed by atoms with Gasteiger partial charge in [0.2, 0.25) is 0 Å². The van der Waals surface area contributed by atoms with Crippen LogP contribution in [0.5, 0.6) is 0 Å². The second kappa shape index (κ2) is 13.8. The van der Waals surface area contributed by atoms with E-state index in [9.17, 15) is 9.59 Å². The van der Waals surface area contributed by atoms with E-state index in [4.69, 9.17) is 26.1 Å². The number of carbonyl (C=O) groups is 2. The van der Waals surface area contributed by atoms with Gasteiger partial charge in [-0.15, -0.1) is 0 Å². The van der Waals surface area contributed by atoms with Crippen LogP contribution in [-0.4, -0.2) is 71.9 Å². The SMILES string of the molecule is COCCCNC(=O)c1cc(-c2cn(C(=O)OC(C)(C)C)c3ccc(Cl)cc23)nc2ccc(C#CCN3CCCCC3)cc12. The van der Waals surface area contributed by atoms with Crippen LogP contribution in [0.2, 0.25) is 5.02 Å². The van der Waals surface area contributed by atoms with Crippen LogP contribution in [-0.2, 0) is 9.47 Å². The van der Waals surface area contributed by atoms with Gasteiger partial charge in [-0.3, -0.25) is 14.3 Å². The summed E-state index contributed by atoms with van der Waals surface area (Å²) in [5.41, 5.74) is 3.10. The highest BCUT2D eigenvalue weighted by Crippen LogP contribution is 2.34. The molecule has 3 heterocycles. The molecule has 44 heavy (non-hydrogen) atoms. The standard InChI is InChI=1S/C35H39ClN4O4/c1-35(2,3)44-34(42)40-23-29(27-21-25(36)12-14-32(27)40)31-22-28(33(41)37-15-9-19-43-4)26-20-24(11-13-30(26)38-31)10-8-18-39-16-6-5-7-17-39/h11-14,20-23H,5-7,9,15-19H2,1-4H3,(H,37,41). The van der Waals surface area contributed by atoms with Gasteiger partial charge in [0.1, 0.15) is 5.60 Å². The quantitative estimate of drug-likeness (QED) is 0.180. The summed E-state index contributed by atoms with van der Waals surface area (Å²) in [6.45, 7) is 9.38. The highest BCUT2D eigenvalue weighted by atomic mass is 35.5. The number of pyridine rings is 1. The fraction of sp³-hybridized carbons (Fsp3) is 0.400. The smallest absolute Gasteiger partial charge is 0.419 e. The van der Waals surface area contributed by atoms with E-state index in [0.29, 0.717) is 57.8 Å². The van der Waals surface area contributed by atoms with E-state index in [1.54, 1.807) is 37.6 Å². The molecule has 2 aromatic heterocycles. The maximum atomic E-state index is 13.6. The van der Waals surface area contributed by atoms with Crippen LogP contribution in [0.4, 0.5) is 4.79 Å². The van der Waals surface area contributed by atoms with Gasteiger partial charge in [0.15, 0.2) is 0 Å². The first-order valence-electron chi connectivity index (χ1n) is 15.1. The Bertz CT molecular complexity index is 1740. The molecule has 1 fully saturated rings. The number of carbonyl (C=O) groups excluding carboxylic acids is 2. The number of ether oxygens (including phenoxy) is 2. The van der Waals surface area contributed by atoms with Crippen molar-refractivity contribution in [1.82, 2.24) is 19.8 Å². The first-order valence-corrected chi connectivity index (χ1v) is 15.5. The van der Waals surface area contributed by atoms with E-state index in [0.717, 1.165) is 30.6 Å². The van der Waals surface area contributed by atoms with E-state index < -0.39 is 11.7 Å². The number of nitrogens with zero attached hydrogens (tertiary/aromatic N) is 3. The molecule has 8 nitrogen and oxygen atoms in total. The summed E-state index contributed by atoms with van der Waals surface area (Å²) < 4.78 is 12.3. The molecule has 9 heteroatoms. The molecule has 2 aromatic carbocycles. The van der Waals surface area contributed by atoms with Crippen molar-refractivity contribution in [2.24, 2.45) is 0 Å². The maximum absolute atomic E-state index is 13.6. The minimum atomic E-state index is -0.677. The Kier molecular flexibility index (Phi) is 9.90. The third-order valence-corrected chi connectivity index (χ3v) is 7.72. The third-order valence-electron chi connectivity index (χ3n) is 7.48. The molecule has 5 rings (SSSR count). The summed E-state index contributed by atoms with van der Waals surface area (Å²) >= 11 is 6.41. The van der Waals surface area contributed by atoms with Gasteiger partial charge in [-0.05, 0) is 95.6 Å². The molecule has 1 saturated heterocycles. The van der Waals surface area contributed by atoms with E-state index in [2.05, 4.69) is 22.1 Å². The van der Waals surface area contributed by atoms with Gasteiger partial charge in [0.25, 0.3) is 5.91 Å². The van der Waals surface area contributed by atoms with Gasteiger partial charge in [-0.25, -0.2) is 9.78 Å². The van der Waals surface area contributed by atoms with Crippen molar-refractivity contribution in [3.05, 3.63) is 64.8 Å². The Morgan fingerprint density at radius 1 is 1.05 bits per heavy atom. The summed E-state index contributed by atoms with van der Waals surface area (Å²) in [7, 11) is 1.64. The molecular formula is C35H39ClN4O4. The molecule has 0 radical (unpaired) electrons. The summed E-state index contributed by atoms with van der Waals surface area (Å²) in [6.07, 6.45) is 5.60. The lowest BCUT2D eigenvalue weighted by atomic mass is 10.0. The van der Waals surface area contributed by atoms with Gasteiger partial charge >= 0.3 is 6.09 Å². The predicted octanol–water partition coefficient (Wildman–Crippen LogP) is 6.90. The third kappa shape index (κ3) is 7.59. The number of amides is 1. The molecule has 1 aliphatic rings. The number of nitrogens with one attached hydrogen (secondary N) is 1. The lowest BCUT2D eigenvalue weighted by Crippen LogP contribution is -2.29. The minimum Gasteiger partial charge on any atom is -0.443 e. The van der Waals surface area contributed by atoms with Crippen LogP contribution in [0.25, 0.3) is 33.1 Å². The fourth-order valence-corrected chi connectivity index (χ4v) is 5.55. The molecule has 0 spiro atoms. The molecule has 0 unspecified atom stereocenters. The van der Waals surface area contributed by atoms with Crippen molar-refractivity contribution in [3.8, 4) is 23.1 Å². The predicted molar refractivity (Wildman–Crippen MR) is 175 cm³/mol. The first kappa shape index (κ1) is 31.5. The van der Waals surface area contributed by atoms with Crippen LogP contribution >= 0.6 is 11.6 Å². The number of hydrogen-bond donors (Lipinski definition) is 1. The van der Waals surface area contributed by atoms with Gasteiger partial charge in [-0.2, -0.15) is 0 Å². The van der Waals surface area contributed by atoms with Crippen molar-refractivity contribution in [3.63, 3.8) is 0 Å². The molecule has 0 atom stereocenters. The Morgan fingerprint density at radius 2 is 1.84 bits per heavy atom. The summed E-state index contributed by atoms with van der Waals surface area (Å²) in [4.78, 5) is 34.1. The summed E-state index contributed by atoms with van der Waals surface area (Å²) in [5, 5.41) is 4.96. The van der Waals surface area contributed by atoms with E-state index in [-0.39, 0.29) is 5.91 Å². The van der Waals surface area contributed by atoms with Crippen LogP contribution in [0, 0.1) is 11.8 Å². The number of aromatic nitrogens is 2.